The second-order valence-corrected chi connectivity index (χ2v) is 5.01. The van der Waals surface area contributed by atoms with Gasteiger partial charge in [-0.1, -0.05) is 19.8 Å². The van der Waals surface area contributed by atoms with Crippen molar-refractivity contribution < 1.29 is 9.21 Å². The minimum Gasteiger partial charge on any atom is -0.455 e. The van der Waals surface area contributed by atoms with Crippen LogP contribution in [-0.2, 0) is 6.54 Å². The smallest absolute Gasteiger partial charge is 0.300 e. The van der Waals surface area contributed by atoms with Crippen LogP contribution in [0.5, 0.6) is 0 Å². The summed E-state index contributed by atoms with van der Waals surface area (Å²) in [5.41, 5.74) is 2.07. The number of nitrogens with two attached hydrogens (primary N) is 1. The molecule has 5 nitrogen and oxygen atoms in total. The lowest BCUT2D eigenvalue weighted by molar-refractivity contribution is 0.0921. The van der Waals surface area contributed by atoms with E-state index >= 15 is 0 Å². The van der Waals surface area contributed by atoms with Crippen molar-refractivity contribution in [3.05, 3.63) is 23.7 Å². The molecule has 0 aliphatic carbocycles. The van der Waals surface area contributed by atoms with E-state index in [0.717, 1.165) is 18.8 Å². The van der Waals surface area contributed by atoms with E-state index in [4.69, 9.17) is 10.3 Å². The SMILES string of the molecule is CCCCCN(Cc1ccc(C(=O)NN)o1)C(C)C. The summed E-state index contributed by atoms with van der Waals surface area (Å²) in [5.74, 6) is 5.73. The summed E-state index contributed by atoms with van der Waals surface area (Å²) in [5, 5.41) is 0. The number of furan rings is 1. The van der Waals surface area contributed by atoms with Gasteiger partial charge < -0.3 is 4.42 Å². The van der Waals surface area contributed by atoms with Crippen molar-refractivity contribution in [2.45, 2.75) is 52.6 Å². The molecule has 19 heavy (non-hydrogen) atoms. The molecule has 0 unspecified atom stereocenters. The predicted molar refractivity (Wildman–Crippen MR) is 75.4 cm³/mol. The molecule has 0 spiro atoms. The second-order valence-electron chi connectivity index (χ2n) is 5.01. The molecule has 5 heteroatoms. The Kier molecular flexibility index (Phi) is 6.59. The summed E-state index contributed by atoms with van der Waals surface area (Å²) in [6.45, 7) is 8.30. The van der Waals surface area contributed by atoms with Gasteiger partial charge in [0.05, 0.1) is 6.54 Å². The Labute approximate surface area is 115 Å². The molecule has 0 aliphatic heterocycles. The maximum atomic E-state index is 11.3. The van der Waals surface area contributed by atoms with Gasteiger partial charge in [0, 0.05) is 6.04 Å². The van der Waals surface area contributed by atoms with E-state index in [0.29, 0.717) is 6.04 Å². The molecule has 108 valence electrons. The Bertz CT molecular complexity index is 388. The van der Waals surface area contributed by atoms with Crippen molar-refractivity contribution in [3.63, 3.8) is 0 Å². The van der Waals surface area contributed by atoms with E-state index in [9.17, 15) is 4.79 Å². The second kappa shape index (κ2) is 7.96. The Morgan fingerprint density at radius 2 is 2.16 bits per heavy atom. The highest BCUT2D eigenvalue weighted by molar-refractivity contribution is 5.90. The summed E-state index contributed by atoms with van der Waals surface area (Å²) < 4.78 is 5.49. The van der Waals surface area contributed by atoms with E-state index in [1.165, 1.54) is 19.3 Å². The largest absolute Gasteiger partial charge is 0.455 e. The molecule has 1 aromatic rings. The maximum Gasteiger partial charge on any atom is 0.300 e. The van der Waals surface area contributed by atoms with E-state index in [1.807, 2.05) is 6.07 Å². The van der Waals surface area contributed by atoms with Crippen molar-refractivity contribution in [1.82, 2.24) is 10.3 Å². The topological polar surface area (TPSA) is 71.5 Å². The van der Waals surface area contributed by atoms with Gasteiger partial charge in [-0.05, 0) is 38.9 Å². The van der Waals surface area contributed by atoms with Crippen LogP contribution in [0.3, 0.4) is 0 Å². The molecule has 0 radical (unpaired) electrons. The maximum absolute atomic E-state index is 11.3. The monoisotopic (exact) mass is 267 g/mol. The zero-order valence-electron chi connectivity index (χ0n) is 12.1. The molecule has 1 rings (SSSR count). The summed E-state index contributed by atoms with van der Waals surface area (Å²) >= 11 is 0. The third kappa shape index (κ3) is 5.04. The summed E-state index contributed by atoms with van der Waals surface area (Å²) in [6.07, 6.45) is 3.64. The third-order valence-corrected chi connectivity index (χ3v) is 3.15. The molecule has 1 aromatic heterocycles. The molecule has 3 N–H and O–H groups in total. The van der Waals surface area contributed by atoms with E-state index < -0.39 is 5.91 Å². The molecular formula is C14H25N3O2. The Balaban J connectivity index is 2.58. The van der Waals surface area contributed by atoms with Crippen molar-refractivity contribution in [1.29, 1.82) is 0 Å². The van der Waals surface area contributed by atoms with Crippen LogP contribution in [0.2, 0.25) is 0 Å². The number of carbonyl (C=O) groups excluding carboxylic acids is 1. The van der Waals surface area contributed by atoms with Gasteiger partial charge in [0.15, 0.2) is 5.76 Å². The number of unbranched alkanes of at least 4 members (excludes halogenated alkanes) is 2. The Hall–Kier alpha value is -1.33. The van der Waals surface area contributed by atoms with Gasteiger partial charge in [0.2, 0.25) is 0 Å². The minimum atomic E-state index is -0.395. The van der Waals surface area contributed by atoms with Gasteiger partial charge in [-0.15, -0.1) is 0 Å². The van der Waals surface area contributed by atoms with Crippen molar-refractivity contribution in [2.75, 3.05) is 6.54 Å². The number of rotatable bonds is 8. The summed E-state index contributed by atoms with van der Waals surface area (Å²) in [6, 6.07) is 3.94. The summed E-state index contributed by atoms with van der Waals surface area (Å²) in [7, 11) is 0. The zero-order chi connectivity index (χ0) is 14.3. The first-order valence-corrected chi connectivity index (χ1v) is 6.92. The van der Waals surface area contributed by atoms with Crippen molar-refractivity contribution in [3.8, 4) is 0 Å². The average Bonchev–Trinajstić information content (AvgIpc) is 2.85. The van der Waals surface area contributed by atoms with E-state index in [1.54, 1.807) is 6.07 Å². The molecule has 0 saturated heterocycles. The van der Waals surface area contributed by atoms with Crippen LogP contribution in [0.4, 0.5) is 0 Å². The highest BCUT2D eigenvalue weighted by Gasteiger charge is 2.14. The lowest BCUT2D eigenvalue weighted by Crippen LogP contribution is -2.31. The van der Waals surface area contributed by atoms with E-state index in [-0.39, 0.29) is 5.76 Å². The first-order valence-electron chi connectivity index (χ1n) is 6.92. The van der Waals surface area contributed by atoms with Crippen molar-refractivity contribution >= 4 is 5.91 Å². The summed E-state index contributed by atoms with van der Waals surface area (Å²) in [4.78, 5) is 13.7. The number of carbonyl (C=O) groups is 1. The normalized spacial score (nSPS) is 11.3. The molecule has 0 bridgehead atoms. The number of amides is 1. The first-order chi connectivity index (χ1) is 9.08. The third-order valence-electron chi connectivity index (χ3n) is 3.15. The molecule has 0 fully saturated rings. The Morgan fingerprint density at radius 1 is 1.42 bits per heavy atom. The molecule has 1 amide bonds. The van der Waals surface area contributed by atoms with Crippen LogP contribution in [-0.4, -0.2) is 23.4 Å². The van der Waals surface area contributed by atoms with Crippen LogP contribution >= 0.6 is 0 Å². The average molecular weight is 267 g/mol. The van der Waals surface area contributed by atoms with Crippen LogP contribution in [0.1, 0.15) is 56.3 Å². The van der Waals surface area contributed by atoms with Crippen LogP contribution in [0.25, 0.3) is 0 Å². The van der Waals surface area contributed by atoms with E-state index in [2.05, 4.69) is 31.1 Å². The molecule has 1 heterocycles. The lowest BCUT2D eigenvalue weighted by Gasteiger charge is -2.25. The zero-order valence-corrected chi connectivity index (χ0v) is 12.1. The quantitative estimate of drug-likeness (QED) is 0.328. The van der Waals surface area contributed by atoms with Crippen LogP contribution in [0.15, 0.2) is 16.5 Å². The number of nitrogens with one attached hydrogen (secondary N) is 1. The lowest BCUT2D eigenvalue weighted by atomic mass is 10.2. The van der Waals surface area contributed by atoms with Crippen LogP contribution in [0, 0.1) is 0 Å². The van der Waals surface area contributed by atoms with Gasteiger partial charge >= 0.3 is 5.91 Å². The minimum absolute atomic E-state index is 0.259. The highest BCUT2D eigenvalue weighted by atomic mass is 16.4. The fourth-order valence-electron chi connectivity index (χ4n) is 1.94. The number of hydrazine groups is 1. The van der Waals surface area contributed by atoms with Gasteiger partial charge in [-0.2, -0.15) is 0 Å². The van der Waals surface area contributed by atoms with Gasteiger partial charge in [0.25, 0.3) is 0 Å². The number of nitrogen functional groups attached to an aromatic ring is 1. The van der Waals surface area contributed by atoms with Gasteiger partial charge in [0.1, 0.15) is 5.76 Å². The standard InChI is InChI=1S/C14H25N3O2/c1-4-5-6-9-17(11(2)3)10-12-7-8-13(19-12)14(18)16-15/h7-8,11H,4-6,9-10,15H2,1-3H3,(H,16,18). The molecule has 0 atom stereocenters. The van der Waals surface area contributed by atoms with Gasteiger partial charge in [-0.25, -0.2) is 5.84 Å². The number of nitrogens with zero attached hydrogens (tertiary/aromatic N) is 1. The predicted octanol–water partition coefficient (Wildman–Crippen LogP) is 2.28. The fourth-order valence-corrected chi connectivity index (χ4v) is 1.94. The van der Waals surface area contributed by atoms with Crippen molar-refractivity contribution in [2.24, 2.45) is 5.84 Å². The molecule has 0 aromatic carbocycles. The Morgan fingerprint density at radius 3 is 2.74 bits per heavy atom. The number of hydrogen-bond donors (Lipinski definition) is 2. The fraction of sp³-hybridized carbons (Fsp3) is 0.643. The molecule has 0 saturated carbocycles. The first kappa shape index (κ1) is 15.7. The highest BCUT2D eigenvalue weighted by Crippen LogP contribution is 2.13. The molecule has 0 aliphatic rings. The molecular weight excluding hydrogens is 242 g/mol. The van der Waals surface area contributed by atoms with Gasteiger partial charge in [-0.3, -0.25) is 15.1 Å². The van der Waals surface area contributed by atoms with Crippen LogP contribution < -0.4 is 11.3 Å². The number of hydrogen-bond acceptors (Lipinski definition) is 4.